The van der Waals surface area contributed by atoms with Gasteiger partial charge >= 0.3 is 6.16 Å². The lowest BCUT2D eigenvalue weighted by Crippen LogP contribution is -2.62. The van der Waals surface area contributed by atoms with Crippen LogP contribution in [0.25, 0.3) is 0 Å². The van der Waals surface area contributed by atoms with Gasteiger partial charge in [0.1, 0.15) is 29.3 Å². The molecule has 0 saturated carbocycles. The molecule has 206 valence electrons. The predicted molar refractivity (Wildman–Crippen MR) is 147 cm³/mol. The van der Waals surface area contributed by atoms with E-state index in [9.17, 15) is 4.79 Å². The van der Waals surface area contributed by atoms with Crippen molar-refractivity contribution < 1.29 is 33.2 Å². The van der Waals surface area contributed by atoms with Crippen molar-refractivity contribution in [2.75, 3.05) is 6.61 Å². The Hall–Kier alpha value is -2.88. The van der Waals surface area contributed by atoms with E-state index in [0.29, 0.717) is 6.61 Å². The van der Waals surface area contributed by atoms with Crippen molar-refractivity contribution in [2.24, 2.45) is 0 Å². The van der Waals surface area contributed by atoms with Crippen molar-refractivity contribution in [3.8, 4) is 0 Å². The molecule has 0 aliphatic carbocycles. The second-order valence-corrected chi connectivity index (χ2v) is 11.6. The summed E-state index contributed by atoms with van der Waals surface area (Å²) in [6.07, 6.45) is -3.98. The van der Waals surface area contributed by atoms with Crippen LogP contribution in [0.2, 0.25) is 0 Å². The number of hydrogen-bond donors (Lipinski definition) is 0. The molecule has 2 saturated heterocycles. The molecule has 2 fully saturated rings. The van der Waals surface area contributed by atoms with E-state index in [1.807, 2.05) is 91.0 Å². The van der Waals surface area contributed by atoms with Gasteiger partial charge in [0.05, 0.1) is 13.2 Å². The van der Waals surface area contributed by atoms with Gasteiger partial charge in [-0.25, -0.2) is 4.79 Å². The molecular weight excluding hydrogens is 516 g/mol. The smallest absolute Gasteiger partial charge is 0.429 e. The maximum atomic E-state index is 13.0. The number of carbonyl (C=O) groups is 1. The minimum atomic E-state index is -0.807. The molecule has 2 aliphatic rings. The third kappa shape index (κ3) is 7.41. The fraction of sp³-hybridized carbons (Fsp3) is 0.387. The molecule has 39 heavy (non-hydrogen) atoms. The molecule has 0 spiro atoms. The summed E-state index contributed by atoms with van der Waals surface area (Å²) in [5, 5.41) is 0. The Morgan fingerprint density at radius 3 is 2.18 bits per heavy atom. The Bertz CT molecular complexity index is 1190. The van der Waals surface area contributed by atoms with Crippen LogP contribution < -0.4 is 0 Å². The average molecular weight is 551 g/mol. The van der Waals surface area contributed by atoms with Gasteiger partial charge in [-0.15, -0.1) is 0 Å². The van der Waals surface area contributed by atoms with Gasteiger partial charge in [-0.05, 0) is 38.5 Å². The van der Waals surface area contributed by atoms with Crippen LogP contribution in [-0.2, 0) is 35.0 Å². The molecule has 7 nitrogen and oxygen atoms in total. The highest BCUT2D eigenvalue weighted by molar-refractivity contribution is 7.99. The second kappa shape index (κ2) is 12.5. The van der Waals surface area contributed by atoms with Crippen LogP contribution in [0.5, 0.6) is 0 Å². The lowest BCUT2D eigenvalue weighted by molar-refractivity contribution is -0.323. The van der Waals surface area contributed by atoms with Crippen molar-refractivity contribution in [2.45, 2.75) is 74.0 Å². The minimum absolute atomic E-state index is 0.273. The van der Waals surface area contributed by atoms with E-state index >= 15 is 0 Å². The third-order valence-electron chi connectivity index (χ3n) is 6.26. The maximum absolute atomic E-state index is 13.0. The zero-order valence-electron chi connectivity index (χ0n) is 22.3. The van der Waals surface area contributed by atoms with E-state index in [0.717, 1.165) is 16.0 Å². The Balaban J connectivity index is 1.45. The highest BCUT2D eigenvalue weighted by Crippen LogP contribution is 2.41. The molecule has 3 aromatic carbocycles. The maximum Gasteiger partial charge on any atom is 0.509 e. The standard InChI is InChI=1S/C31H34O7S/c1-31(2,3)38-30(32)37-26-25-24(20-34-28(36-25)22-15-9-5-10-16-22)35-29(39-23-17-11-6-12-18-23)27(26)33-19-21-13-7-4-8-14-21/h4-18,24-29H,19-20H2,1-3H3/t24-,25-,26+,27+,28-,29-/m1/s1. The van der Waals surface area contributed by atoms with Crippen LogP contribution in [-0.4, -0.2) is 48.2 Å². The summed E-state index contributed by atoms with van der Waals surface area (Å²) in [6.45, 7) is 5.99. The largest absolute Gasteiger partial charge is 0.509 e. The normalized spacial score (nSPS) is 26.8. The van der Waals surface area contributed by atoms with Crippen LogP contribution in [0, 0.1) is 0 Å². The zero-order valence-corrected chi connectivity index (χ0v) is 23.1. The number of ether oxygens (including phenoxy) is 6. The summed E-state index contributed by atoms with van der Waals surface area (Å²) in [5.41, 5.74) is 0.650. The molecular formula is C31H34O7S. The summed E-state index contributed by atoms with van der Waals surface area (Å²) in [4.78, 5) is 14.0. The van der Waals surface area contributed by atoms with E-state index in [1.165, 1.54) is 11.8 Å². The summed E-state index contributed by atoms with van der Waals surface area (Å²) in [5.74, 6) is 0. The number of fused-ring (bicyclic) bond motifs is 1. The van der Waals surface area contributed by atoms with E-state index in [-0.39, 0.29) is 6.61 Å². The van der Waals surface area contributed by atoms with Gasteiger partial charge in [-0.1, -0.05) is 90.6 Å². The molecule has 5 rings (SSSR count). The van der Waals surface area contributed by atoms with Gasteiger partial charge in [0.25, 0.3) is 0 Å². The highest BCUT2D eigenvalue weighted by Gasteiger charge is 2.53. The molecule has 0 bridgehead atoms. The Morgan fingerprint density at radius 1 is 0.872 bits per heavy atom. The first kappa shape index (κ1) is 27.7. The summed E-state index contributed by atoms with van der Waals surface area (Å²) >= 11 is 1.51. The van der Waals surface area contributed by atoms with Crippen molar-refractivity contribution in [1.29, 1.82) is 0 Å². The predicted octanol–water partition coefficient (Wildman–Crippen LogP) is 6.52. The molecule has 3 aromatic rings. The fourth-order valence-corrected chi connectivity index (χ4v) is 5.66. The first-order valence-corrected chi connectivity index (χ1v) is 14.0. The van der Waals surface area contributed by atoms with Crippen LogP contribution in [0.4, 0.5) is 4.79 Å². The number of thioether (sulfide) groups is 1. The van der Waals surface area contributed by atoms with Gasteiger partial charge < -0.3 is 28.4 Å². The molecule has 8 heteroatoms. The second-order valence-electron chi connectivity index (χ2n) is 10.5. The molecule has 0 N–H and O–H groups in total. The monoisotopic (exact) mass is 550 g/mol. The lowest BCUT2D eigenvalue weighted by atomic mass is 9.98. The first-order chi connectivity index (χ1) is 18.9. The van der Waals surface area contributed by atoms with Crippen LogP contribution >= 0.6 is 11.8 Å². The molecule has 0 unspecified atom stereocenters. The van der Waals surface area contributed by atoms with Crippen LogP contribution in [0.1, 0.15) is 38.2 Å². The molecule has 0 radical (unpaired) electrons. The summed E-state index contributed by atoms with van der Waals surface area (Å²) in [6, 6.07) is 29.5. The molecule has 2 heterocycles. The van der Waals surface area contributed by atoms with Gasteiger partial charge in [-0.3, -0.25) is 0 Å². The summed E-state index contributed by atoms with van der Waals surface area (Å²) in [7, 11) is 0. The molecule has 2 aliphatic heterocycles. The van der Waals surface area contributed by atoms with E-state index in [1.54, 1.807) is 20.8 Å². The quantitative estimate of drug-likeness (QED) is 0.308. The number of benzene rings is 3. The van der Waals surface area contributed by atoms with Crippen LogP contribution in [0.3, 0.4) is 0 Å². The lowest BCUT2D eigenvalue weighted by Gasteiger charge is -2.48. The van der Waals surface area contributed by atoms with Gasteiger partial charge in [-0.2, -0.15) is 0 Å². The first-order valence-electron chi connectivity index (χ1n) is 13.1. The number of hydrogen-bond acceptors (Lipinski definition) is 8. The number of rotatable bonds is 7. The van der Waals surface area contributed by atoms with Gasteiger partial charge in [0.15, 0.2) is 12.4 Å². The van der Waals surface area contributed by atoms with E-state index < -0.39 is 47.9 Å². The van der Waals surface area contributed by atoms with Crippen molar-refractivity contribution in [3.63, 3.8) is 0 Å². The van der Waals surface area contributed by atoms with Crippen molar-refractivity contribution in [3.05, 3.63) is 102 Å². The average Bonchev–Trinajstić information content (AvgIpc) is 2.93. The molecule has 0 aromatic heterocycles. The summed E-state index contributed by atoms with van der Waals surface area (Å²) < 4.78 is 37.1. The Labute approximate surface area is 233 Å². The SMILES string of the molecule is CC(C)(C)OC(=O)O[C@@H]1[C@H](OCc2ccccc2)[C@@H](Sc2ccccc2)O[C@@H]2CO[C@@H](c3ccccc3)O[C@@H]12. The van der Waals surface area contributed by atoms with E-state index in [2.05, 4.69) is 0 Å². The van der Waals surface area contributed by atoms with Gasteiger partial charge in [0.2, 0.25) is 0 Å². The topological polar surface area (TPSA) is 72.5 Å². The van der Waals surface area contributed by atoms with Crippen molar-refractivity contribution >= 4 is 17.9 Å². The van der Waals surface area contributed by atoms with Gasteiger partial charge in [0, 0.05) is 10.5 Å². The Morgan fingerprint density at radius 2 is 1.51 bits per heavy atom. The van der Waals surface area contributed by atoms with Crippen molar-refractivity contribution in [1.82, 2.24) is 0 Å². The third-order valence-corrected chi connectivity index (χ3v) is 7.41. The fourth-order valence-electron chi connectivity index (χ4n) is 4.52. The Kier molecular flexibility index (Phi) is 8.89. The van der Waals surface area contributed by atoms with E-state index in [4.69, 9.17) is 28.4 Å². The highest BCUT2D eigenvalue weighted by atomic mass is 32.2. The molecule has 0 amide bonds. The molecule has 6 atom stereocenters. The minimum Gasteiger partial charge on any atom is -0.429 e. The van der Waals surface area contributed by atoms with Crippen LogP contribution in [0.15, 0.2) is 95.9 Å². The number of carbonyl (C=O) groups excluding carboxylic acids is 1. The zero-order chi connectivity index (χ0) is 27.2.